The van der Waals surface area contributed by atoms with Gasteiger partial charge in [-0.05, 0) is 50.9 Å². The van der Waals surface area contributed by atoms with Gasteiger partial charge >= 0.3 is 5.97 Å². The number of likely N-dealkylation sites (tertiary alicyclic amines) is 1. The number of carboxylic acid groups (broad SMARTS) is 1. The molecule has 0 aromatic heterocycles. The lowest BCUT2D eigenvalue weighted by Gasteiger charge is -2.46. The van der Waals surface area contributed by atoms with Crippen LogP contribution >= 0.6 is 0 Å². The van der Waals surface area contributed by atoms with Crippen molar-refractivity contribution in [3.05, 3.63) is 12.7 Å². The molecule has 0 aliphatic carbocycles. The maximum absolute atomic E-state index is 14.5. The van der Waals surface area contributed by atoms with E-state index in [9.17, 15) is 24.6 Å². The van der Waals surface area contributed by atoms with Crippen molar-refractivity contribution in [2.45, 2.75) is 103 Å². The number of rotatable bonds is 10. The molecule has 35 heavy (non-hydrogen) atoms. The summed E-state index contributed by atoms with van der Waals surface area (Å²) in [4.78, 5) is 43.9. The fraction of sp³-hybridized carbons (Fsp3) is 0.815. The molecule has 0 aromatic rings. The van der Waals surface area contributed by atoms with Gasteiger partial charge in [0.2, 0.25) is 11.8 Å². The first-order chi connectivity index (χ1) is 16.1. The summed E-state index contributed by atoms with van der Waals surface area (Å²) in [5, 5.41) is 20.3. The minimum atomic E-state index is -1.19. The highest BCUT2D eigenvalue weighted by atomic mass is 16.5. The monoisotopic (exact) mass is 492 g/mol. The molecular weight excluding hydrogens is 448 g/mol. The zero-order valence-electron chi connectivity index (χ0n) is 22.4. The molecule has 6 atom stereocenters. The van der Waals surface area contributed by atoms with E-state index in [4.69, 9.17) is 4.74 Å². The molecular formula is C27H44N2O6. The van der Waals surface area contributed by atoms with E-state index >= 15 is 0 Å². The van der Waals surface area contributed by atoms with Gasteiger partial charge in [0.25, 0.3) is 0 Å². The van der Waals surface area contributed by atoms with E-state index in [-0.39, 0.29) is 29.8 Å². The van der Waals surface area contributed by atoms with Crippen molar-refractivity contribution >= 4 is 17.8 Å². The third-order valence-electron chi connectivity index (χ3n) is 7.88. The molecule has 3 heterocycles. The third-order valence-corrected chi connectivity index (χ3v) is 7.88. The van der Waals surface area contributed by atoms with Crippen molar-refractivity contribution < 1.29 is 29.3 Å². The molecule has 0 radical (unpaired) electrons. The van der Waals surface area contributed by atoms with Crippen molar-refractivity contribution in [2.75, 3.05) is 13.2 Å². The number of hydrogen-bond donors (Lipinski definition) is 2. The number of carbonyl (C=O) groups is 3. The summed E-state index contributed by atoms with van der Waals surface area (Å²) in [6.45, 7) is 18.2. The minimum absolute atomic E-state index is 0.0583. The van der Waals surface area contributed by atoms with E-state index in [0.717, 1.165) is 0 Å². The molecule has 0 aromatic carbocycles. The molecule has 3 fully saturated rings. The van der Waals surface area contributed by atoms with Crippen LogP contribution in [-0.2, 0) is 19.1 Å². The Bertz CT molecular complexity index is 862. The lowest BCUT2D eigenvalue weighted by Crippen LogP contribution is -2.62. The first-order valence-electron chi connectivity index (χ1n) is 12.9. The van der Waals surface area contributed by atoms with Crippen molar-refractivity contribution in [3.63, 3.8) is 0 Å². The minimum Gasteiger partial charge on any atom is -0.481 e. The second-order valence-electron chi connectivity index (χ2n) is 12.9. The molecule has 2 bridgehead atoms. The predicted octanol–water partition coefficient (Wildman–Crippen LogP) is 3.08. The largest absolute Gasteiger partial charge is 0.481 e. The van der Waals surface area contributed by atoms with Gasteiger partial charge in [0.05, 0.1) is 30.6 Å². The number of carbonyl (C=O) groups excluding carboxylic acids is 2. The summed E-state index contributed by atoms with van der Waals surface area (Å²) < 4.78 is 6.34. The Morgan fingerprint density at radius 2 is 1.91 bits per heavy atom. The van der Waals surface area contributed by atoms with Crippen molar-refractivity contribution in [2.24, 2.45) is 23.2 Å². The molecule has 3 aliphatic heterocycles. The molecule has 8 heteroatoms. The highest BCUT2D eigenvalue weighted by molar-refractivity contribution is 5.98. The van der Waals surface area contributed by atoms with Gasteiger partial charge < -0.3 is 24.7 Å². The quantitative estimate of drug-likeness (QED) is 0.454. The number of carboxylic acids is 1. The number of fused-ring (bicyclic) bond motifs is 1. The molecule has 2 N–H and O–H groups in total. The maximum Gasteiger partial charge on any atom is 0.310 e. The van der Waals surface area contributed by atoms with Gasteiger partial charge in [-0.25, -0.2) is 0 Å². The number of aliphatic carboxylic acids is 1. The van der Waals surface area contributed by atoms with Gasteiger partial charge in [-0.1, -0.05) is 40.7 Å². The second-order valence-corrected chi connectivity index (χ2v) is 12.9. The van der Waals surface area contributed by atoms with Crippen LogP contribution in [0.2, 0.25) is 0 Å². The number of aliphatic hydroxyl groups is 1. The van der Waals surface area contributed by atoms with Gasteiger partial charge in [-0.3, -0.25) is 14.4 Å². The summed E-state index contributed by atoms with van der Waals surface area (Å²) in [7, 11) is 0. The van der Waals surface area contributed by atoms with Gasteiger partial charge in [0, 0.05) is 12.1 Å². The smallest absolute Gasteiger partial charge is 0.310 e. The van der Waals surface area contributed by atoms with Gasteiger partial charge in [0.15, 0.2) is 0 Å². The Hall–Kier alpha value is -1.93. The van der Waals surface area contributed by atoms with Crippen LogP contribution in [0.3, 0.4) is 0 Å². The molecule has 0 saturated carbocycles. The average Bonchev–Trinajstić information content (AvgIpc) is 3.35. The number of hydrogen-bond acceptors (Lipinski definition) is 5. The Labute approximate surface area is 209 Å². The van der Waals surface area contributed by atoms with Crippen LogP contribution in [0.5, 0.6) is 0 Å². The van der Waals surface area contributed by atoms with E-state index in [1.807, 2.05) is 27.7 Å². The average molecular weight is 493 g/mol. The maximum atomic E-state index is 14.5. The Balaban J connectivity index is 2.13. The van der Waals surface area contributed by atoms with Crippen molar-refractivity contribution in [1.82, 2.24) is 9.80 Å². The Kier molecular flexibility index (Phi) is 7.51. The van der Waals surface area contributed by atoms with E-state index in [1.54, 1.807) is 11.0 Å². The fourth-order valence-electron chi connectivity index (χ4n) is 7.17. The van der Waals surface area contributed by atoms with E-state index in [2.05, 4.69) is 27.4 Å². The van der Waals surface area contributed by atoms with Gasteiger partial charge in [-0.15, -0.1) is 6.58 Å². The second kappa shape index (κ2) is 9.51. The number of aliphatic hydroxyl groups excluding tert-OH is 1. The molecule has 1 spiro atoms. The Morgan fingerprint density at radius 3 is 2.40 bits per heavy atom. The van der Waals surface area contributed by atoms with Crippen LogP contribution in [0.1, 0.15) is 74.1 Å². The van der Waals surface area contributed by atoms with Crippen LogP contribution in [0, 0.1) is 23.2 Å². The summed E-state index contributed by atoms with van der Waals surface area (Å²) in [6.07, 6.45) is 3.28. The zero-order chi connectivity index (χ0) is 26.5. The summed E-state index contributed by atoms with van der Waals surface area (Å²) >= 11 is 0. The van der Waals surface area contributed by atoms with Crippen LogP contribution in [0.25, 0.3) is 0 Å². The standard InChI is InChI=1S/C27H44N2O6/c1-9-12-28(26(7,8)15-25(4,5)6)23(32)21-27-11-10-18(35-27)19(24(33)34)20(27)22(31)29(21)17(14-30)13-16(2)3/h9,16-21,30H,1,10-15H2,2-8H3,(H,33,34)/t17-,18-,19+,20+,21?,27?/m1/s1. The summed E-state index contributed by atoms with van der Waals surface area (Å²) in [5.41, 5.74) is -1.80. The normalized spacial score (nSPS) is 31.1. The summed E-state index contributed by atoms with van der Waals surface area (Å²) in [6, 6.07) is -1.57. The number of nitrogens with zero attached hydrogens (tertiary/aromatic N) is 2. The lowest BCUT2D eigenvalue weighted by atomic mass is 9.70. The molecule has 8 nitrogen and oxygen atoms in total. The van der Waals surface area contributed by atoms with Crippen LogP contribution in [0.4, 0.5) is 0 Å². The predicted molar refractivity (Wildman–Crippen MR) is 132 cm³/mol. The van der Waals surface area contributed by atoms with Gasteiger partial charge in [-0.2, -0.15) is 0 Å². The van der Waals surface area contributed by atoms with Crippen LogP contribution in [-0.4, -0.2) is 80.3 Å². The highest BCUT2D eigenvalue weighted by Gasteiger charge is 2.75. The van der Waals surface area contributed by atoms with E-state index in [0.29, 0.717) is 32.2 Å². The zero-order valence-corrected chi connectivity index (χ0v) is 22.4. The van der Waals surface area contributed by atoms with Gasteiger partial charge in [0.1, 0.15) is 11.6 Å². The molecule has 3 saturated heterocycles. The number of ether oxygens (including phenoxy) is 1. The first-order valence-corrected chi connectivity index (χ1v) is 12.9. The molecule has 2 amide bonds. The fourth-order valence-corrected chi connectivity index (χ4v) is 7.17. The third kappa shape index (κ3) is 4.76. The highest BCUT2D eigenvalue weighted by Crippen LogP contribution is 2.59. The lowest BCUT2D eigenvalue weighted by molar-refractivity contribution is -0.156. The van der Waals surface area contributed by atoms with Crippen LogP contribution < -0.4 is 0 Å². The molecule has 198 valence electrons. The first kappa shape index (κ1) is 27.7. The topological polar surface area (TPSA) is 107 Å². The Morgan fingerprint density at radius 1 is 1.29 bits per heavy atom. The van der Waals surface area contributed by atoms with Crippen molar-refractivity contribution in [1.29, 1.82) is 0 Å². The summed E-state index contributed by atoms with van der Waals surface area (Å²) in [5.74, 6) is -3.45. The molecule has 3 aliphatic rings. The molecule has 2 unspecified atom stereocenters. The molecule has 3 rings (SSSR count). The van der Waals surface area contributed by atoms with E-state index in [1.165, 1.54) is 4.90 Å². The SMILES string of the molecule is C=CCN(C(=O)C1N([C@@H](CO)CC(C)C)C(=O)[C@@H]2[C@@H](C(=O)O)[C@H]3CCC12O3)C(C)(C)CC(C)(C)C. The number of amides is 2. The van der Waals surface area contributed by atoms with E-state index < -0.39 is 47.1 Å². The van der Waals surface area contributed by atoms with Crippen LogP contribution in [0.15, 0.2) is 12.7 Å². The van der Waals surface area contributed by atoms with Crippen molar-refractivity contribution in [3.8, 4) is 0 Å².